The van der Waals surface area contributed by atoms with Crippen molar-refractivity contribution < 1.29 is 24.9 Å². The number of rotatable bonds is 2. The zero-order chi connectivity index (χ0) is 14.2. The van der Waals surface area contributed by atoms with Crippen LogP contribution in [0.5, 0.6) is 0 Å². The molecule has 2 aliphatic heterocycles. The first-order valence-electron chi connectivity index (χ1n) is 5.41. The number of amides is 1. The van der Waals surface area contributed by atoms with Gasteiger partial charge in [-0.1, -0.05) is 12.5 Å². The molecule has 0 radical (unpaired) electrons. The number of hydrogen-bond donors (Lipinski definition) is 4. The van der Waals surface area contributed by atoms with E-state index in [1.54, 1.807) is 0 Å². The van der Waals surface area contributed by atoms with Gasteiger partial charge >= 0.3 is 0 Å². The first-order valence-corrected chi connectivity index (χ1v) is 5.41. The van der Waals surface area contributed by atoms with E-state index in [2.05, 4.69) is 22.9 Å². The van der Waals surface area contributed by atoms with Crippen LogP contribution in [0.4, 0.5) is 0 Å². The van der Waals surface area contributed by atoms with Crippen LogP contribution < -0.4 is 5.32 Å². The van der Waals surface area contributed by atoms with Crippen LogP contribution in [-0.4, -0.2) is 63.1 Å². The van der Waals surface area contributed by atoms with Gasteiger partial charge < -0.3 is 25.4 Å². The minimum atomic E-state index is -1.72. The Bertz CT molecular complexity index is 485. The van der Waals surface area contributed by atoms with Crippen molar-refractivity contribution in [2.75, 3.05) is 6.61 Å². The number of carbonyl (C=O) groups is 1. The Morgan fingerprint density at radius 3 is 2.84 bits per heavy atom. The molecule has 0 spiro atoms. The molecule has 1 saturated heterocycles. The van der Waals surface area contributed by atoms with Gasteiger partial charge in [-0.15, -0.1) is 6.42 Å². The summed E-state index contributed by atoms with van der Waals surface area (Å²) in [6.45, 7) is 2.87. The van der Waals surface area contributed by atoms with E-state index in [-0.39, 0.29) is 5.82 Å². The Morgan fingerprint density at radius 2 is 2.37 bits per heavy atom. The molecule has 0 aromatic heterocycles. The molecule has 1 fully saturated rings. The summed E-state index contributed by atoms with van der Waals surface area (Å²) in [6.07, 6.45) is 2.11. The number of nitrogens with zero attached hydrogens (tertiary/aromatic N) is 2. The lowest BCUT2D eigenvalue weighted by Gasteiger charge is -2.31. The average molecular weight is 267 g/mol. The van der Waals surface area contributed by atoms with Crippen molar-refractivity contribution in [1.82, 2.24) is 10.3 Å². The quantitative estimate of drug-likeness (QED) is 0.405. The van der Waals surface area contributed by atoms with Crippen molar-refractivity contribution in [1.29, 1.82) is 0 Å². The molecule has 0 bridgehead atoms. The predicted octanol–water partition coefficient (Wildman–Crippen LogP) is -2.68. The minimum absolute atomic E-state index is 0.0644. The molecule has 8 heteroatoms. The second kappa shape index (κ2) is 4.64. The Balaban J connectivity index is 2.28. The van der Waals surface area contributed by atoms with Crippen LogP contribution in [0, 0.1) is 12.3 Å². The maximum absolute atomic E-state index is 11.0. The lowest BCUT2D eigenvalue weighted by Crippen LogP contribution is -2.47. The molecule has 2 heterocycles. The van der Waals surface area contributed by atoms with E-state index >= 15 is 0 Å². The molecule has 8 nitrogen and oxygen atoms in total. The third-order valence-corrected chi connectivity index (χ3v) is 2.99. The predicted molar refractivity (Wildman–Crippen MR) is 63.2 cm³/mol. The van der Waals surface area contributed by atoms with E-state index in [1.807, 2.05) is 0 Å². The summed E-state index contributed by atoms with van der Waals surface area (Å²) in [4.78, 5) is 11.0. The van der Waals surface area contributed by atoms with Crippen LogP contribution in [0.2, 0.25) is 0 Å². The molecule has 4 N–H and O–H groups in total. The fourth-order valence-electron chi connectivity index (χ4n) is 1.91. The van der Waals surface area contributed by atoms with E-state index in [4.69, 9.17) is 11.2 Å². The SMILES string of the molecule is C#C[C@]1(CO)O[C@@H](N2N=CC(=O)NC2=C)C(O)[C@H]1O. The summed E-state index contributed by atoms with van der Waals surface area (Å²) in [6, 6.07) is 0. The minimum Gasteiger partial charge on any atom is -0.392 e. The van der Waals surface area contributed by atoms with Crippen LogP contribution in [0.1, 0.15) is 0 Å². The summed E-state index contributed by atoms with van der Waals surface area (Å²) in [5, 5.41) is 36.2. The zero-order valence-corrected chi connectivity index (χ0v) is 9.85. The summed E-state index contributed by atoms with van der Waals surface area (Å²) in [7, 11) is 0. The van der Waals surface area contributed by atoms with Gasteiger partial charge in [0.25, 0.3) is 5.91 Å². The van der Waals surface area contributed by atoms with Crippen molar-refractivity contribution in [3.63, 3.8) is 0 Å². The highest BCUT2D eigenvalue weighted by Crippen LogP contribution is 2.33. The number of carbonyl (C=O) groups excluding carboxylic acids is 1. The summed E-state index contributed by atoms with van der Waals surface area (Å²) in [5.74, 6) is 1.71. The highest BCUT2D eigenvalue weighted by Gasteiger charge is 2.55. The van der Waals surface area contributed by atoms with E-state index in [1.165, 1.54) is 0 Å². The lowest BCUT2D eigenvalue weighted by molar-refractivity contribution is -0.124. The second-order valence-electron chi connectivity index (χ2n) is 4.16. The normalized spacial score (nSPS) is 38.2. The first-order chi connectivity index (χ1) is 8.95. The van der Waals surface area contributed by atoms with Crippen molar-refractivity contribution in [3.05, 3.63) is 12.4 Å². The van der Waals surface area contributed by atoms with Gasteiger partial charge in [0.15, 0.2) is 11.8 Å². The number of ether oxygens (including phenoxy) is 1. The molecular formula is C11H13N3O5. The van der Waals surface area contributed by atoms with Crippen LogP contribution in [0.25, 0.3) is 0 Å². The largest absolute Gasteiger partial charge is 0.392 e. The third kappa shape index (κ3) is 1.98. The number of aliphatic hydroxyl groups excluding tert-OH is 3. The van der Waals surface area contributed by atoms with E-state index in [0.29, 0.717) is 0 Å². The van der Waals surface area contributed by atoms with Gasteiger partial charge in [-0.25, -0.2) is 5.01 Å². The van der Waals surface area contributed by atoms with Crippen LogP contribution in [0.3, 0.4) is 0 Å². The highest BCUT2D eigenvalue weighted by molar-refractivity contribution is 6.27. The van der Waals surface area contributed by atoms with Gasteiger partial charge in [-0.3, -0.25) is 4.79 Å². The van der Waals surface area contributed by atoms with Crippen molar-refractivity contribution in [2.45, 2.75) is 24.0 Å². The highest BCUT2D eigenvalue weighted by atomic mass is 16.6. The number of hydrazone groups is 1. The van der Waals surface area contributed by atoms with Gasteiger partial charge in [-0.05, 0) is 0 Å². The molecule has 0 aromatic carbocycles. The average Bonchev–Trinajstić information content (AvgIpc) is 2.64. The number of hydrogen-bond acceptors (Lipinski definition) is 7. The van der Waals surface area contributed by atoms with Gasteiger partial charge in [0.2, 0.25) is 0 Å². The third-order valence-electron chi connectivity index (χ3n) is 2.99. The first kappa shape index (κ1) is 13.5. The maximum atomic E-state index is 11.0. The van der Waals surface area contributed by atoms with Gasteiger partial charge in [0.1, 0.15) is 24.2 Å². The number of aliphatic hydroxyl groups is 3. The topological polar surface area (TPSA) is 115 Å². The van der Waals surface area contributed by atoms with Gasteiger partial charge in [0.05, 0.1) is 6.61 Å². The zero-order valence-electron chi connectivity index (χ0n) is 9.85. The smallest absolute Gasteiger partial charge is 0.269 e. The molecule has 0 aliphatic carbocycles. The summed E-state index contributed by atoms with van der Waals surface area (Å²) >= 11 is 0. The standard InChI is InChI=1S/C11H13N3O5/c1-3-11(5-15)9(18)8(17)10(19-11)14-6(2)13-7(16)4-12-14/h1,4,8-10,15,17-18H,2,5H2,(H,13,16)/t8?,9-,10-,11-/m1/s1. The monoisotopic (exact) mass is 267 g/mol. The molecule has 19 heavy (non-hydrogen) atoms. The molecule has 0 aromatic rings. The number of terminal acetylenes is 1. The van der Waals surface area contributed by atoms with Crippen LogP contribution in [0.15, 0.2) is 17.5 Å². The molecule has 102 valence electrons. The lowest BCUT2D eigenvalue weighted by atomic mass is 9.97. The van der Waals surface area contributed by atoms with Crippen LogP contribution in [-0.2, 0) is 9.53 Å². The van der Waals surface area contributed by atoms with Crippen molar-refractivity contribution in [2.24, 2.45) is 5.10 Å². The molecule has 2 rings (SSSR count). The van der Waals surface area contributed by atoms with Gasteiger partial charge in [-0.2, -0.15) is 5.10 Å². The van der Waals surface area contributed by atoms with E-state index in [9.17, 15) is 20.1 Å². The Labute approximate surface area is 109 Å². The second-order valence-corrected chi connectivity index (χ2v) is 4.16. The Hall–Kier alpha value is -1.92. The Morgan fingerprint density at radius 1 is 1.68 bits per heavy atom. The van der Waals surface area contributed by atoms with Crippen LogP contribution >= 0.6 is 0 Å². The van der Waals surface area contributed by atoms with Gasteiger partial charge in [0, 0.05) is 0 Å². The summed E-state index contributed by atoms with van der Waals surface area (Å²) in [5.41, 5.74) is -1.72. The molecule has 0 saturated carbocycles. The molecule has 4 atom stereocenters. The van der Waals surface area contributed by atoms with E-state index < -0.39 is 36.6 Å². The Kier molecular flexibility index (Phi) is 3.30. The fraction of sp³-hybridized carbons (Fsp3) is 0.455. The molecular weight excluding hydrogens is 254 g/mol. The molecule has 2 aliphatic rings. The van der Waals surface area contributed by atoms with Crippen molar-refractivity contribution >= 4 is 12.1 Å². The number of nitrogens with one attached hydrogen (secondary N) is 1. The van der Waals surface area contributed by atoms with Crippen molar-refractivity contribution in [3.8, 4) is 12.3 Å². The summed E-state index contributed by atoms with van der Waals surface area (Å²) < 4.78 is 5.33. The van der Waals surface area contributed by atoms with E-state index in [0.717, 1.165) is 11.2 Å². The fourth-order valence-corrected chi connectivity index (χ4v) is 1.91. The molecule has 1 unspecified atom stereocenters. The molecule has 1 amide bonds. The maximum Gasteiger partial charge on any atom is 0.269 e.